The highest BCUT2D eigenvalue weighted by Gasteiger charge is 2.34. The third-order valence-corrected chi connectivity index (χ3v) is 5.08. The minimum atomic E-state index is 0. The number of carbonyl (C=O) groups excluding carboxylic acids is 1. The number of rotatable bonds is 3. The molecule has 0 aromatic carbocycles. The Balaban J connectivity index is 0.00000200. The molecule has 1 aliphatic carbocycles. The Bertz CT molecular complexity index is 282. The Labute approximate surface area is 130 Å². The van der Waals surface area contributed by atoms with Gasteiger partial charge >= 0.3 is 0 Å². The van der Waals surface area contributed by atoms with Crippen molar-refractivity contribution in [3.05, 3.63) is 0 Å². The number of nitrogens with zero attached hydrogens (tertiary/aromatic N) is 1. The molecule has 2 rings (SSSR count). The molecule has 20 heavy (non-hydrogen) atoms. The van der Waals surface area contributed by atoms with E-state index in [9.17, 15) is 4.79 Å². The van der Waals surface area contributed by atoms with Crippen LogP contribution in [-0.4, -0.2) is 30.4 Å². The maximum Gasteiger partial charge on any atom is 0.223 e. The van der Waals surface area contributed by atoms with E-state index < -0.39 is 0 Å². The highest BCUT2D eigenvalue weighted by atomic mass is 35.5. The molecule has 118 valence electrons. The van der Waals surface area contributed by atoms with E-state index in [4.69, 9.17) is 5.73 Å². The first kappa shape index (κ1) is 17.8. The van der Waals surface area contributed by atoms with Crippen LogP contribution in [0.2, 0.25) is 0 Å². The molecule has 1 saturated heterocycles. The molecule has 1 heterocycles. The fraction of sp³-hybridized carbons (Fsp3) is 0.938. The lowest BCUT2D eigenvalue weighted by atomic mass is 9.71. The zero-order valence-electron chi connectivity index (χ0n) is 12.7. The molecule has 1 aliphatic heterocycles. The molecule has 3 nitrogen and oxygen atoms in total. The van der Waals surface area contributed by atoms with Crippen molar-refractivity contribution >= 4 is 18.3 Å². The van der Waals surface area contributed by atoms with E-state index in [1.54, 1.807) is 0 Å². The van der Waals surface area contributed by atoms with Crippen molar-refractivity contribution in [1.82, 2.24) is 4.90 Å². The van der Waals surface area contributed by atoms with Gasteiger partial charge in [0.25, 0.3) is 0 Å². The average Bonchev–Trinajstić information content (AvgIpc) is 2.39. The van der Waals surface area contributed by atoms with Crippen LogP contribution >= 0.6 is 12.4 Å². The van der Waals surface area contributed by atoms with Gasteiger partial charge in [0, 0.05) is 19.5 Å². The van der Waals surface area contributed by atoms with Crippen molar-refractivity contribution < 1.29 is 4.79 Å². The number of hydrogen-bond donors (Lipinski definition) is 1. The Kier molecular flexibility index (Phi) is 7.90. The molecule has 0 spiro atoms. The van der Waals surface area contributed by atoms with E-state index in [0.29, 0.717) is 18.9 Å². The number of likely N-dealkylation sites (tertiary alicyclic amines) is 1. The highest BCUT2D eigenvalue weighted by molar-refractivity contribution is 5.85. The van der Waals surface area contributed by atoms with E-state index >= 15 is 0 Å². The minimum Gasteiger partial charge on any atom is -0.343 e. The van der Waals surface area contributed by atoms with Crippen LogP contribution in [-0.2, 0) is 4.79 Å². The standard InChI is InChI=1S/C16H30N2O.ClH/c17-14-16(9-5-4-6-10-16)13-15(19)18-11-7-2-1-3-8-12-18;/h1-14,17H2;1H. The van der Waals surface area contributed by atoms with Gasteiger partial charge in [0.05, 0.1) is 0 Å². The van der Waals surface area contributed by atoms with Gasteiger partial charge in [-0.15, -0.1) is 12.4 Å². The molecular weight excluding hydrogens is 272 g/mol. The molecule has 0 bridgehead atoms. The lowest BCUT2D eigenvalue weighted by Gasteiger charge is -2.37. The zero-order valence-corrected chi connectivity index (χ0v) is 13.6. The fourth-order valence-electron chi connectivity index (χ4n) is 3.68. The predicted molar refractivity (Wildman–Crippen MR) is 86.1 cm³/mol. The zero-order chi connectivity index (χ0) is 13.6. The molecule has 0 aromatic rings. The molecular formula is C16H31ClN2O. The van der Waals surface area contributed by atoms with E-state index in [2.05, 4.69) is 4.90 Å². The maximum absolute atomic E-state index is 12.6. The van der Waals surface area contributed by atoms with Crippen LogP contribution in [0.25, 0.3) is 0 Å². The number of hydrogen-bond acceptors (Lipinski definition) is 2. The normalized spacial score (nSPS) is 23.4. The third kappa shape index (κ3) is 4.92. The molecule has 4 heteroatoms. The summed E-state index contributed by atoms with van der Waals surface area (Å²) in [5.74, 6) is 0.370. The number of halogens is 1. The predicted octanol–water partition coefficient (Wildman–Crippen LogP) is 3.50. The Morgan fingerprint density at radius 1 is 0.900 bits per heavy atom. The quantitative estimate of drug-likeness (QED) is 0.867. The third-order valence-electron chi connectivity index (χ3n) is 5.08. The molecule has 2 fully saturated rings. The Hall–Kier alpha value is -0.280. The molecule has 2 aliphatic rings. The van der Waals surface area contributed by atoms with Gasteiger partial charge in [0.2, 0.25) is 5.91 Å². The van der Waals surface area contributed by atoms with E-state index in [-0.39, 0.29) is 17.8 Å². The van der Waals surface area contributed by atoms with Gasteiger partial charge in [0.1, 0.15) is 0 Å². The van der Waals surface area contributed by atoms with E-state index in [1.807, 2.05) is 0 Å². The second-order valence-electron chi connectivity index (χ2n) is 6.59. The van der Waals surface area contributed by atoms with Gasteiger partial charge in [-0.3, -0.25) is 4.79 Å². The van der Waals surface area contributed by atoms with Gasteiger partial charge < -0.3 is 10.6 Å². The fourth-order valence-corrected chi connectivity index (χ4v) is 3.68. The number of carbonyl (C=O) groups is 1. The van der Waals surface area contributed by atoms with Gasteiger partial charge in [-0.05, 0) is 37.6 Å². The number of nitrogens with two attached hydrogens (primary N) is 1. The smallest absolute Gasteiger partial charge is 0.223 e. The lowest BCUT2D eigenvalue weighted by Crippen LogP contribution is -2.41. The first-order valence-corrected chi connectivity index (χ1v) is 8.24. The summed E-state index contributed by atoms with van der Waals surface area (Å²) < 4.78 is 0. The van der Waals surface area contributed by atoms with Crippen LogP contribution < -0.4 is 5.73 Å². The van der Waals surface area contributed by atoms with Gasteiger partial charge in [-0.1, -0.05) is 38.5 Å². The van der Waals surface area contributed by atoms with Crippen LogP contribution in [0.15, 0.2) is 0 Å². The van der Waals surface area contributed by atoms with Crippen LogP contribution in [0, 0.1) is 5.41 Å². The lowest BCUT2D eigenvalue weighted by molar-refractivity contribution is -0.134. The van der Waals surface area contributed by atoms with Crippen LogP contribution in [0.1, 0.15) is 70.6 Å². The molecule has 1 amide bonds. The molecule has 0 radical (unpaired) electrons. The summed E-state index contributed by atoms with van der Waals surface area (Å²) in [5, 5.41) is 0. The Morgan fingerprint density at radius 3 is 1.95 bits per heavy atom. The van der Waals surface area contributed by atoms with Crippen molar-refractivity contribution in [2.24, 2.45) is 11.1 Å². The average molecular weight is 303 g/mol. The van der Waals surface area contributed by atoms with Crippen molar-refractivity contribution in [3.8, 4) is 0 Å². The summed E-state index contributed by atoms with van der Waals surface area (Å²) in [5.41, 5.74) is 6.12. The van der Waals surface area contributed by atoms with Crippen LogP contribution in [0.5, 0.6) is 0 Å². The minimum absolute atomic E-state index is 0. The summed E-state index contributed by atoms with van der Waals surface area (Å²) in [7, 11) is 0. The molecule has 0 unspecified atom stereocenters. The van der Waals surface area contributed by atoms with Gasteiger partial charge in [-0.25, -0.2) is 0 Å². The molecule has 1 saturated carbocycles. The molecule has 0 aromatic heterocycles. The largest absolute Gasteiger partial charge is 0.343 e. The summed E-state index contributed by atoms with van der Waals surface area (Å²) in [6.07, 6.45) is 13.1. The summed E-state index contributed by atoms with van der Waals surface area (Å²) in [6, 6.07) is 0. The Morgan fingerprint density at radius 2 is 1.40 bits per heavy atom. The van der Waals surface area contributed by atoms with Crippen LogP contribution in [0.3, 0.4) is 0 Å². The summed E-state index contributed by atoms with van der Waals surface area (Å²) in [6.45, 7) is 2.63. The monoisotopic (exact) mass is 302 g/mol. The molecule has 0 atom stereocenters. The van der Waals surface area contributed by atoms with Crippen molar-refractivity contribution in [2.45, 2.75) is 70.6 Å². The van der Waals surface area contributed by atoms with Gasteiger partial charge in [-0.2, -0.15) is 0 Å². The topological polar surface area (TPSA) is 46.3 Å². The number of amides is 1. The van der Waals surface area contributed by atoms with Crippen molar-refractivity contribution in [1.29, 1.82) is 0 Å². The van der Waals surface area contributed by atoms with E-state index in [1.165, 1.54) is 51.4 Å². The highest BCUT2D eigenvalue weighted by Crippen LogP contribution is 2.38. The maximum atomic E-state index is 12.6. The molecule has 2 N–H and O–H groups in total. The van der Waals surface area contributed by atoms with E-state index in [0.717, 1.165) is 25.9 Å². The SMILES string of the molecule is Cl.NCC1(CC(=O)N2CCCCCCC2)CCCCC1. The second kappa shape index (κ2) is 8.89. The first-order chi connectivity index (χ1) is 9.26. The van der Waals surface area contributed by atoms with Gasteiger partial charge in [0.15, 0.2) is 0 Å². The first-order valence-electron chi connectivity index (χ1n) is 8.24. The summed E-state index contributed by atoms with van der Waals surface area (Å²) >= 11 is 0. The van der Waals surface area contributed by atoms with Crippen molar-refractivity contribution in [3.63, 3.8) is 0 Å². The van der Waals surface area contributed by atoms with Crippen molar-refractivity contribution in [2.75, 3.05) is 19.6 Å². The summed E-state index contributed by atoms with van der Waals surface area (Å²) in [4.78, 5) is 14.7. The second-order valence-corrected chi connectivity index (χ2v) is 6.59. The van der Waals surface area contributed by atoms with Crippen LogP contribution in [0.4, 0.5) is 0 Å².